The zero-order valence-corrected chi connectivity index (χ0v) is 69.0. The maximum absolute atomic E-state index is 15.4. The Bertz CT molecular complexity index is 5760. The number of unbranched alkanes of at least 4 members (excludes halogenated alkanes) is 28. The molecule has 4 aromatic rings. The Hall–Kier alpha value is -14.1. The number of rotatable bonds is 43. The predicted molar refractivity (Wildman–Crippen MR) is 468 cm³/mol. The number of anilines is 3. The van der Waals surface area contributed by atoms with Crippen molar-refractivity contribution >= 4 is 92.5 Å². The molecule has 4 amide bonds. The Morgan fingerprint density at radius 2 is 0.775 bits per heavy atom. The largest absolute Gasteiger partial charge is 0.445 e. The van der Waals surface area contributed by atoms with Crippen molar-refractivity contribution in [2.24, 2.45) is 15.0 Å². The van der Waals surface area contributed by atoms with Gasteiger partial charge in [0.25, 0.3) is 0 Å². The number of nitrogens with one attached hydrogen (secondary N) is 5. The van der Waals surface area contributed by atoms with Crippen LogP contribution in [0, 0.1) is 0 Å². The van der Waals surface area contributed by atoms with Crippen molar-refractivity contribution in [2.75, 3.05) is 55.5 Å². The highest BCUT2D eigenvalue weighted by Crippen LogP contribution is 2.47. The van der Waals surface area contributed by atoms with Crippen molar-refractivity contribution in [3.8, 4) is 0 Å². The van der Waals surface area contributed by atoms with Gasteiger partial charge in [-0.3, -0.25) is 9.59 Å². The van der Waals surface area contributed by atoms with Crippen LogP contribution in [0.15, 0.2) is 261 Å². The molecule has 2 atom stereocenters. The molecule has 0 radical (unpaired) electrons. The first-order chi connectivity index (χ1) is 59.0. The first-order valence-electron chi connectivity index (χ1n) is 41.5. The van der Waals surface area contributed by atoms with Gasteiger partial charge in [-0.1, -0.05) is 265 Å². The number of nitrogens with zero attached hydrogens (tertiary/aromatic N) is 3. The molecule has 2 aliphatic heterocycles. The van der Waals surface area contributed by atoms with Crippen LogP contribution in [0.25, 0.3) is 27.1 Å². The third kappa shape index (κ3) is 34.0. The van der Waals surface area contributed by atoms with E-state index in [-0.39, 0.29) is 21.7 Å². The number of alkyl carbamates (subject to hydrolysis) is 2. The summed E-state index contributed by atoms with van der Waals surface area (Å²) in [7, 11) is 0. The number of hydrogen-bond donors (Lipinski definition) is 5. The molecule has 4 aromatic carbocycles. The van der Waals surface area contributed by atoms with E-state index in [1.807, 2.05) is 18.2 Å². The lowest BCUT2D eigenvalue weighted by atomic mass is 9.70. The number of carbonyl (C=O) groups is 6. The summed E-state index contributed by atoms with van der Waals surface area (Å²) < 4.78 is 23.5. The highest BCUT2D eigenvalue weighted by Gasteiger charge is 2.49. The molecule has 1 saturated carbocycles. The van der Waals surface area contributed by atoms with Gasteiger partial charge in [0.15, 0.2) is 22.9 Å². The van der Waals surface area contributed by atoms with E-state index in [4.69, 9.17) is 23.9 Å². The van der Waals surface area contributed by atoms with Crippen LogP contribution in [0.2, 0.25) is 0 Å². The molecule has 2 unspecified atom stereocenters. The van der Waals surface area contributed by atoms with E-state index in [1.165, 1.54) is 153 Å². The number of carbonyl (C=O) groups excluding carboxylic acids is 6. The lowest BCUT2D eigenvalue weighted by molar-refractivity contribution is -0.129. The summed E-state index contributed by atoms with van der Waals surface area (Å²) in [6.45, 7) is 9.97. The number of amides is 4. The van der Waals surface area contributed by atoms with Gasteiger partial charge >= 0.3 is 24.4 Å². The van der Waals surface area contributed by atoms with Crippen LogP contribution in [-0.4, -0.2) is 99.2 Å². The van der Waals surface area contributed by atoms with E-state index >= 15 is 9.59 Å². The van der Waals surface area contributed by atoms with Crippen LogP contribution in [0.5, 0.6) is 0 Å². The van der Waals surface area contributed by atoms with Gasteiger partial charge in [-0.05, 0) is 192 Å². The van der Waals surface area contributed by atoms with Crippen molar-refractivity contribution < 1.29 is 47.7 Å². The zero-order chi connectivity index (χ0) is 85.0. The van der Waals surface area contributed by atoms with E-state index < -0.39 is 79.6 Å². The van der Waals surface area contributed by atoms with Crippen LogP contribution >= 0.6 is 0 Å². The third-order valence-electron chi connectivity index (χ3n) is 19.4. The molecule has 18 nitrogen and oxygen atoms in total. The van der Waals surface area contributed by atoms with Crippen LogP contribution in [0.3, 0.4) is 0 Å². The minimum absolute atomic E-state index is 0.156. The van der Waals surface area contributed by atoms with E-state index in [0.717, 1.165) is 69.2 Å². The predicted octanol–water partition coefficient (Wildman–Crippen LogP) is 20.7. The van der Waals surface area contributed by atoms with Crippen molar-refractivity contribution in [1.82, 2.24) is 10.6 Å². The van der Waals surface area contributed by atoms with Gasteiger partial charge < -0.3 is 45.5 Å². The lowest BCUT2D eigenvalue weighted by Crippen LogP contribution is -2.57. The second-order valence-electron chi connectivity index (χ2n) is 28.5. The van der Waals surface area contributed by atoms with Crippen molar-refractivity contribution in [3.05, 3.63) is 263 Å². The summed E-state index contributed by atoms with van der Waals surface area (Å²) in [6, 6.07) is 17.8. The average Bonchev–Trinajstić information content (AvgIpc) is 0.713. The van der Waals surface area contributed by atoms with Gasteiger partial charge in [0, 0.05) is 65.0 Å². The molecule has 5 N–H and O–H groups in total. The summed E-state index contributed by atoms with van der Waals surface area (Å²) >= 11 is 0. The number of aliphatic imine (C=N–C) groups is 2. The van der Waals surface area contributed by atoms with Gasteiger partial charge in [-0.15, -0.1) is 0 Å². The number of allylic oxidation sites excluding steroid dienone is 2. The Balaban J connectivity index is 1.14. The fourth-order valence-electron chi connectivity index (χ4n) is 13.5. The maximum Gasteiger partial charge on any atom is 0.433 e. The Morgan fingerprint density at radius 1 is 0.417 bits per heavy atom. The standard InChI is InChI=1S/C102H102N8O10/c1-5-9-13-17-21-25-29-33-37-41-45-49-53-57-61-75-103-97(113)117-79-101(80-118-98(114)104-76-62-58-54-50-46-42-38-34-30-26-22-18-14-10-6-2)107-87-69-65-67-83-71-73-85(93(109-101)89(83)87)91-95(111)92(96(91)112)86-74-72-84-68-66-70-88-90(84)94(86)110-102(108-88,81-119-99(115)105-77-63-59-55-51-47-43-39-35-31-27-23-19-15-11-7-3)82-120-100(116)106-78-64-60-56-52-48-44-40-36-32-28-24-20-16-12-8-4/h61,63,65-75,77,91,107-109H,1,3,6,8,10,12,14,16,18,20,22,24,26,28,30,32,34,36,38,40,42,44,46,48,50,52,54,56,58,60,62,64,76,78-82H2,2,4H3,(H,104,114)(H,106,116). The fourth-order valence-corrected chi connectivity index (χ4v) is 13.5. The normalized spacial score (nSPS) is 14.1. The minimum Gasteiger partial charge on any atom is -0.445 e. The van der Waals surface area contributed by atoms with Gasteiger partial charge in [0.2, 0.25) is 0 Å². The Labute approximate surface area is 703 Å². The zero-order valence-electron chi connectivity index (χ0n) is 69.0. The molecule has 0 aromatic heterocycles. The molecule has 2 heterocycles. The molecule has 0 bridgehead atoms. The summed E-state index contributed by atoms with van der Waals surface area (Å²) in [6.07, 6.45) is 37.3. The van der Waals surface area contributed by atoms with E-state index in [2.05, 4.69) is 224 Å². The molecule has 3 aliphatic rings. The second-order valence-corrected chi connectivity index (χ2v) is 28.5. The molecular formula is C102H102N8O10. The number of ether oxygens (including phenoxy) is 4. The van der Waals surface area contributed by atoms with E-state index in [0.29, 0.717) is 46.3 Å². The quantitative estimate of drug-likeness (QED) is 0.00913. The molecule has 610 valence electrons. The maximum atomic E-state index is 15.4. The summed E-state index contributed by atoms with van der Waals surface area (Å²) in [5.41, 5.74) is 68.7. The molecular weight excluding hydrogens is 1500 g/mol. The lowest BCUT2D eigenvalue weighted by Gasteiger charge is -2.42. The second kappa shape index (κ2) is 56.3. The Kier molecular flexibility index (Phi) is 43.7. The molecule has 1 fully saturated rings. The molecule has 0 saturated heterocycles. The Morgan fingerprint density at radius 3 is 1.21 bits per heavy atom. The first-order valence-corrected chi connectivity index (χ1v) is 41.5. The SMILES string of the molecule is C=C=C=C=C=C=C=C=C=C=C=C=C=C=C=CC=NC(=O)OCC1(COC(=O)NCCCCCCCCCCCCCCCCC)N=c2c(=C3C(=O)C(c4ccc5cccc6c5c4NC(COC(=O)N=CC=C=C=C=C=C=C=C=C=C=C=C=C=C=C=C)(COC(=O)NCCCCCCCCCCCCCCCCC)N6)C3=O)ccc3cccc(c23)N1. The summed E-state index contributed by atoms with van der Waals surface area (Å²) in [5.74, 6) is -2.46. The van der Waals surface area contributed by atoms with Gasteiger partial charge in [0.05, 0.1) is 16.6 Å². The van der Waals surface area contributed by atoms with Gasteiger partial charge in [0.1, 0.15) is 32.3 Å². The minimum atomic E-state index is -1.75. The van der Waals surface area contributed by atoms with E-state index in [1.54, 1.807) is 42.5 Å². The first kappa shape index (κ1) is 93.1. The van der Waals surface area contributed by atoms with Crippen molar-refractivity contribution in [3.63, 3.8) is 0 Å². The average molecular weight is 1600 g/mol. The molecule has 120 heavy (non-hydrogen) atoms. The molecule has 1 aliphatic carbocycles. The fraction of sp³-hybridized carbons (Fsp3) is 0.402. The van der Waals surface area contributed by atoms with Crippen molar-refractivity contribution in [1.29, 1.82) is 0 Å². The monoisotopic (exact) mass is 1600 g/mol. The van der Waals surface area contributed by atoms with Gasteiger partial charge in [-0.25, -0.2) is 24.2 Å². The van der Waals surface area contributed by atoms with Crippen LogP contribution < -0.4 is 37.2 Å². The van der Waals surface area contributed by atoms with Crippen LogP contribution in [-0.2, 0) is 28.5 Å². The number of benzene rings is 4. The van der Waals surface area contributed by atoms with Crippen molar-refractivity contribution in [2.45, 2.75) is 224 Å². The third-order valence-corrected chi connectivity index (χ3v) is 19.4. The number of ketones is 2. The highest BCUT2D eigenvalue weighted by atomic mass is 16.6. The highest BCUT2D eigenvalue weighted by molar-refractivity contribution is 6.59. The van der Waals surface area contributed by atoms with Crippen LogP contribution in [0.4, 0.5) is 36.2 Å². The topological polar surface area (TPSA) is 237 Å². The summed E-state index contributed by atoms with van der Waals surface area (Å²) in [4.78, 5) is 97.9. The van der Waals surface area contributed by atoms with Gasteiger partial charge in [-0.2, -0.15) is 9.98 Å². The number of hydrogen-bond acceptors (Lipinski definition) is 14. The molecule has 0 spiro atoms. The van der Waals surface area contributed by atoms with Crippen LogP contribution in [0.1, 0.15) is 218 Å². The van der Waals surface area contributed by atoms with E-state index in [9.17, 15) is 19.2 Å². The molecule has 18 heteroatoms. The molecule has 7 rings (SSSR count). The number of Topliss-reactive ketones (excluding diaryl/α,β-unsaturated/α-hetero) is 2. The summed E-state index contributed by atoms with van der Waals surface area (Å²) in [5, 5.41) is 18.9. The smallest absolute Gasteiger partial charge is 0.433 e.